The van der Waals surface area contributed by atoms with E-state index in [0.717, 1.165) is 23.5 Å². The minimum absolute atomic E-state index is 0.217. The molecule has 1 aliphatic heterocycles. The third kappa shape index (κ3) is 3.40. The van der Waals surface area contributed by atoms with Crippen LogP contribution in [0.3, 0.4) is 0 Å². The van der Waals surface area contributed by atoms with Gasteiger partial charge in [-0.1, -0.05) is 11.2 Å². The SMILES string of the molecule is O=C(CNS(=O)(=O)c1cccc(F)c1)N1CCc2oncc2C1. The van der Waals surface area contributed by atoms with Crippen LogP contribution in [0.2, 0.25) is 0 Å². The summed E-state index contributed by atoms with van der Waals surface area (Å²) in [4.78, 5) is 13.5. The third-order valence-electron chi connectivity index (χ3n) is 3.57. The summed E-state index contributed by atoms with van der Waals surface area (Å²) < 4.78 is 44.5. The molecule has 0 unspecified atom stereocenters. The number of hydrogen-bond donors (Lipinski definition) is 1. The molecule has 122 valence electrons. The lowest BCUT2D eigenvalue weighted by Gasteiger charge is -2.25. The molecule has 0 bridgehead atoms. The van der Waals surface area contributed by atoms with Crippen LogP contribution in [-0.2, 0) is 27.8 Å². The van der Waals surface area contributed by atoms with Crippen molar-refractivity contribution in [1.29, 1.82) is 0 Å². The van der Waals surface area contributed by atoms with E-state index in [-0.39, 0.29) is 17.3 Å². The molecule has 23 heavy (non-hydrogen) atoms. The Morgan fingerprint density at radius 1 is 1.43 bits per heavy atom. The monoisotopic (exact) mass is 339 g/mol. The molecule has 2 aromatic rings. The summed E-state index contributed by atoms with van der Waals surface area (Å²) in [5.41, 5.74) is 0.817. The first-order valence-corrected chi connectivity index (χ1v) is 8.39. The molecule has 9 heteroatoms. The van der Waals surface area contributed by atoms with Gasteiger partial charge in [0, 0.05) is 18.5 Å². The maximum Gasteiger partial charge on any atom is 0.241 e. The van der Waals surface area contributed by atoms with Crippen LogP contribution in [0.1, 0.15) is 11.3 Å². The van der Waals surface area contributed by atoms with E-state index in [1.165, 1.54) is 17.0 Å². The molecule has 0 atom stereocenters. The number of amides is 1. The number of carbonyl (C=O) groups is 1. The first-order valence-electron chi connectivity index (χ1n) is 6.91. The molecule has 1 N–H and O–H groups in total. The number of hydrogen-bond acceptors (Lipinski definition) is 5. The topological polar surface area (TPSA) is 92.5 Å². The highest BCUT2D eigenvalue weighted by molar-refractivity contribution is 7.89. The number of rotatable bonds is 4. The Morgan fingerprint density at radius 3 is 3.04 bits per heavy atom. The Morgan fingerprint density at radius 2 is 2.26 bits per heavy atom. The second-order valence-electron chi connectivity index (χ2n) is 5.12. The fourth-order valence-electron chi connectivity index (χ4n) is 2.34. The van der Waals surface area contributed by atoms with Gasteiger partial charge in [0.2, 0.25) is 15.9 Å². The Labute approximate surface area is 132 Å². The van der Waals surface area contributed by atoms with Crippen molar-refractivity contribution in [3.63, 3.8) is 0 Å². The molecule has 1 aliphatic rings. The smallest absolute Gasteiger partial charge is 0.241 e. The Kier molecular flexibility index (Phi) is 4.14. The number of nitrogens with zero attached hydrogens (tertiary/aromatic N) is 2. The maximum absolute atomic E-state index is 13.1. The average molecular weight is 339 g/mol. The van der Waals surface area contributed by atoms with Crippen LogP contribution in [0.5, 0.6) is 0 Å². The lowest BCUT2D eigenvalue weighted by molar-refractivity contribution is -0.130. The van der Waals surface area contributed by atoms with Crippen LogP contribution in [0.15, 0.2) is 39.9 Å². The van der Waals surface area contributed by atoms with Crippen molar-refractivity contribution < 1.29 is 22.1 Å². The number of benzene rings is 1. The van der Waals surface area contributed by atoms with Gasteiger partial charge < -0.3 is 9.42 Å². The van der Waals surface area contributed by atoms with E-state index in [2.05, 4.69) is 9.88 Å². The molecule has 0 aliphatic carbocycles. The van der Waals surface area contributed by atoms with E-state index in [4.69, 9.17) is 4.52 Å². The maximum atomic E-state index is 13.1. The predicted molar refractivity (Wildman–Crippen MR) is 77.2 cm³/mol. The zero-order valence-corrected chi connectivity index (χ0v) is 12.8. The largest absolute Gasteiger partial charge is 0.361 e. The fraction of sp³-hybridized carbons (Fsp3) is 0.286. The molecule has 1 amide bonds. The quantitative estimate of drug-likeness (QED) is 0.884. The highest BCUT2D eigenvalue weighted by Gasteiger charge is 2.24. The summed E-state index contributed by atoms with van der Waals surface area (Å²) in [5, 5.41) is 3.67. The number of nitrogens with one attached hydrogen (secondary N) is 1. The van der Waals surface area contributed by atoms with Crippen molar-refractivity contribution in [1.82, 2.24) is 14.8 Å². The molecule has 0 radical (unpaired) electrons. The molecule has 0 saturated heterocycles. The van der Waals surface area contributed by atoms with Gasteiger partial charge in [0.05, 0.1) is 24.2 Å². The van der Waals surface area contributed by atoms with Gasteiger partial charge in [-0.3, -0.25) is 4.79 Å². The standard InChI is InChI=1S/C14H14FN3O4S/c15-11-2-1-3-12(6-11)23(20,21)17-8-14(19)18-5-4-13-10(9-18)7-16-22-13/h1-3,6-7,17H,4-5,8-9H2. The van der Waals surface area contributed by atoms with E-state index in [1.807, 2.05) is 0 Å². The molecule has 7 nitrogen and oxygen atoms in total. The van der Waals surface area contributed by atoms with Crippen LogP contribution < -0.4 is 4.72 Å². The normalized spacial score (nSPS) is 14.6. The lowest BCUT2D eigenvalue weighted by Crippen LogP contribution is -2.42. The molecule has 0 fully saturated rings. The van der Waals surface area contributed by atoms with Gasteiger partial charge in [0.15, 0.2) is 0 Å². The number of aromatic nitrogens is 1. The molecule has 2 heterocycles. The number of sulfonamides is 1. The molecular formula is C14H14FN3O4S. The number of fused-ring (bicyclic) bond motifs is 1. The highest BCUT2D eigenvalue weighted by Crippen LogP contribution is 2.18. The Bertz CT molecular complexity index is 834. The van der Waals surface area contributed by atoms with Crippen molar-refractivity contribution in [3.8, 4) is 0 Å². The lowest BCUT2D eigenvalue weighted by atomic mass is 10.1. The average Bonchev–Trinajstić information content (AvgIpc) is 3.00. The van der Waals surface area contributed by atoms with Crippen molar-refractivity contribution in [3.05, 3.63) is 47.6 Å². The van der Waals surface area contributed by atoms with Crippen LogP contribution in [0, 0.1) is 5.82 Å². The Hall–Kier alpha value is -2.26. The summed E-state index contributed by atoms with van der Waals surface area (Å²) in [7, 11) is -3.93. The highest BCUT2D eigenvalue weighted by atomic mass is 32.2. The zero-order chi connectivity index (χ0) is 16.4. The molecule has 1 aromatic carbocycles. The first-order chi connectivity index (χ1) is 11.0. The second-order valence-corrected chi connectivity index (χ2v) is 6.89. The van der Waals surface area contributed by atoms with E-state index in [9.17, 15) is 17.6 Å². The van der Waals surface area contributed by atoms with Gasteiger partial charge >= 0.3 is 0 Å². The summed E-state index contributed by atoms with van der Waals surface area (Å²) in [6.07, 6.45) is 2.09. The van der Waals surface area contributed by atoms with Crippen LogP contribution in [-0.4, -0.2) is 37.5 Å². The summed E-state index contributed by atoms with van der Waals surface area (Å²) >= 11 is 0. The summed E-state index contributed by atoms with van der Waals surface area (Å²) in [5.74, 6) is -0.276. The molecule has 0 spiro atoms. The predicted octanol–water partition coefficient (Wildman–Crippen LogP) is 0.677. The van der Waals surface area contributed by atoms with Crippen molar-refractivity contribution in [2.24, 2.45) is 0 Å². The van der Waals surface area contributed by atoms with Gasteiger partial charge in [-0.25, -0.2) is 17.5 Å². The van der Waals surface area contributed by atoms with E-state index in [0.29, 0.717) is 19.5 Å². The van der Waals surface area contributed by atoms with E-state index in [1.54, 1.807) is 6.20 Å². The van der Waals surface area contributed by atoms with Gasteiger partial charge in [0.25, 0.3) is 0 Å². The van der Waals surface area contributed by atoms with Crippen LogP contribution in [0.4, 0.5) is 4.39 Å². The van der Waals surface area contributed by atoms with E-state index < -0.39 is 15.8 Å². The minimum Gasteiger partial charge on any atom is -0.361 e. The fourth-order valence-corrected chi connectivity index (χ4v) is 3.35. The van der Waals surface area contributed by atoms with Gasteiger partial charge in [0.1, 0.15) is 11.6 Å². The molecule has 1 aromatic heterocycles. The van der Waals surface area contributed by atoms with Gasteiger partial charge in [-0.2, -0.15) is 0 Å². The van der Waals surface area contributed by atoms with Crippen LogP contribution in [0.25, 0.3) is 0 Å². The van der Waals surface area contributed by atoms with E-state index >= 15 is 0 Å². The first kappa shape index (κ1) is 15.6. The van der Waals surface area contributed by atoms with Crippen molar-refractivity contribution in [2.45, 2.75) is 17.9 Å². The minimum atomic E-state index is -3.93. The second kappa shape index (κ2) is 6.09. The van der Waals surface area contributed by atoms with Gasteiger partial charge in [-0.15, -0.1) is 0 Å². The number of halogens is 1. The molecule has 0 saturated carbocycles. The summed E-state index contributed by atoms with van der Waals surface area (Å²) in [6, 6.07) is 4.61. The van der Waals surface area contributed by atoms with Crippen molar-refractivity contribution in [2.75, 3.05) is 13.1 Å². The molecule has 3 rings (SSSR count). The van der Waals surface area contributed by atoms with Crippen LogP contribution >= 0.6 is 0 Å². The third-order valence-corrected chi connectivity index (χ3v) is 4.97. The Balaban J connectivity index is 1.63. The zero-order valence-electron chi connectivity index (χ0n) is 12.0. The number of carbonyl (C=O) groups excluding carboxylic acids is 1. The summed E-state index contributed by atoms with van der Waals surface area (Å²) in [6.45, 7) is 0.377. The van der Waals surface area contributed by atoms with Gasteiger partial charge in [-0.05, 0) is 18.2 Å². The molecular weight excluding hydrogens is 325 g/mol. The van der Waals surface area contributed by atoms with Crippen molar-refractivity contribution >= 4 is 15.9 Å².